The van der Waals surface area contributed by atoms with Crippen LogP contribution in [0.4, 0.5) is 13.2 Å². The van der Waals surface area contributed by atoms with E-state index in [-0.39, 0.29) is 11.3 Å². The van der Waals surface area contributed by atoms with Crippen LogP contribution < -0.4 is 4.74 Å². The average molecular weight is 256 g/mol. The van der Waals surface area contributed by atoms with Gasteiger partial charge in [-0.05, 0) is 24.3 Å². The molecule has 0 saturated carbocycles. The summed E-state index contributed by atoms with van der Waals surface area (Å²) >= 11 is 0. The molecule has 0 fully saturated rings. The smallest absolute Gasteiger partial charge is 0.461 e. The number of carbonyl (C=O) groups is 1. The largest absolute Gasteiger partial charge is 0.573 e. The molecule has 0 atom stereocenters. The van der Waals surface area contributed by atoms with Crippen molar-refractivity contribution in [1.29, 1.82) is 0 Å². The molecule has 6 heteroatoms. The number of ether oxygens (including phenoxy) is 1. The van der Waals surface area contributed by atoms with Crippen LogP contribution in [0.25, 0.3) is 0 Å². The van der Waals surface area contributed by atoms with Crippen molar-refractivity contribution < 1.29 is 27.1 Å². The zero-order valence-corrected chi connectivity index (χ0v) is 8.90. The minimum atomic E-state index is -4.85. The number of hydrogen-bond donors (Lipinski definition) is 0. The normalized spacial score (nSPS) is 11.3. The monoisotopic (exact) mass is 256 g/mol. The van der Waals surface area contributed by atoms with E-state index in [1.807, 2.05) is 0 Å². The quantitative estimate of drug-likeness (QED) is 0.790. The molecule has 3 nitrogen and oxygen atoms in total. The lowest BCUT2D eigenvalue weighted by Gasteiger charge is -2.11. The maximum atomic E-state index is 12.2. The Morgan fingerprint density at radius 1 is 1.11 bits per heavy atom. The molecule has 0 amide bonds. The number of para-hydroxylation sites is 1. The average Bonchev–Trinajstić information content (AvgIpc) is 2.80. The Hall–Kier alpha value is -2.24. The molecule has 94 valence electrons. The molecule has 2 rings (SSSR count). The second-order valence-corrected chi connectivity index (χ2v) is 3.35. The van der Waals surface area contributed by atoms with Crippen LogP contribution in [0.2, 0.25) is 0 Å². The lowest BCUT2D eigenvalue weighted by Crippen LogP contribution is -2.19. The van der Waals surface area contributed by atoms with Crippen LogP contribution >= 0.6 is 0 Å². The third kappa shape index (κ3) is 2.71. The van der Waals surface area contributed by atoms with Gasteiger partial charge in [-0.2, -0.15) is 0 Å². The third-order valence-corrected chi connectivity index (χ3v) is 2.10. The summed E-state index contributed by atoms with van der Waals surface area (Å²) in [6, 6.07) is 7.95. The van der Waals surface area contributed by atoms with E-state index in [4.69, 9.17) is 4.42 Å². The van der Waals surface area contributed by atoms with Crippen LogP contribution in [-0.2, 0) is 0 Å². The van der Waals surface area contributed by atoms with Crippen LogP contribution in [0, 0.1) is 0 Å². The Morgan fingerprint density at radius 3 is 2.44 bits per heavy atom. The van der Waals surface area contributed by atoms with Gasteiger partial charge in [0.1, 0.15) is 5.75 Å². The lowest BCUT2D eigenvalue weighted by molar-refractivity contribution is -0.274. The molecule has 18 heavy (non-hydrogen) atoms. The maximum Gasteiger partial charge on any atom is 0.573 e. The Morgan fingerprint density at radius 2 is 1.83 bits per heavy atom. The van der Waals surface area contributed by atoms with Crippen molar-refractivity contribution in [2.45, 2.75) is 6.36 Å². The van der Waals surface area contributed by atoms with Gasteiger partial charge in [-0.1, -0.05) is 12.1 Å². The predicted octanol–water partition coefficient (Wildman–Crippen LogP) is 3.41. The van der Waals surface area contributed by atoms with E-state index in [1.165, 1.54) is 36.6 Å². The summed E-state index contributed by atoms with van der Waals surface area (Å²) in [6.07, 6.45) is -3.58. The molecular formula is C12H7F3O3. The van der Waals surface area contributed by atoms with E-state index in [0.717, 1.165) is 6.07 Å². The molecule has 0 bridgehead atoms. The highest BCUT2D eigenvalue weighted by Gasteiger charge is 2.33. The summed E-state index contributed by atoms with van der Waals surface area (Å²) in [6.45, 7) is 0. The number of ketones is 1. The lowest BCUT2D eigenvalue weighted by atomic mass is 10.1. The van der Waals surface area contributed by atoms with E-state index in [9.17, 15) is 18.0 Å². The fraction of sp³-hybridized carbons (Fsp3) is 0.0833. The first-order valence-corrected chi connectivity index (χ1v) is 4.90. The number of hydrogen-bond acceptors (Lipinski definition) is 3. The molecule has 0 N–H and O–H groups in total. The van der Waals surface area contributed by atoms with Gasteiger partial charge in [0.25, 0.3) is 0 Å². The molecule has 1 heterocycles. The summed E-state index contributed by atoms with van der Waals surface area (Å²) in [5.41, 5.74) is -0.204. The SMILES string of the molecule is O=C(c1ccco1)c1ccccc1OC(F)(F)F. The number of benzene rings is 1. The van der Waals surface area contributed by atoms with Crippen molar-refractivity contribution in [2.24, 2.45) is 0 Å². The molecule has 1 aromatic carbocycles. The minimum absolute atomic E-state index is 0.0479. The number of alkyl halides is 3. The summed E-state index contributed by atoms with van der Waals surface area (Å²) < 4.78 is 45.1. The minimum Gasteiger partial charge on any atom is -0.461 e. The molecule has 0 aliphatic rings. The van der Waals surface area contributed by atoms with Gasteiger partial charge < -0.3 is 9.15 Å². The first-order chi connectivity index (χ1) is 8.47. The Kier molecular flexibility index (Phi) is 3.10. The van der Waals surface area contributed by atoms with Crippen LogP contribution in [0.5, 0.6) is 5.75 Å². The van der Waals surface area contributed by atoms with Gasteiger partial charge in [0.05, 0.1) is 11.8 Å². The van der Waals surface area contributed by atoms with E-state index in [2.05, 4.69) is 4.74 Å². The molecule has 0 spiro atoms. The second-order valence-electron chi connectivity index (χ2n) is 3.35. The number of carbonyl (C=O) groups excluding carboxylic acids is 1. The van der Waals surface area contributed by atoms with Gasteiger partial charge in [0, 0.05) is 0 Å². The Balaban J connectivity index is 2.36. The van der Waals surface area contributed by atoms with Crippen LogP contribution in [0.3, 0.4) is 0 Å². The second kappa shape index (κ2) is 4.56. The van der Waals surface area contributed by atoms with Crippen molar-refractivity contribution >= 4 is 5.78 Å². The van der Waals surface area contributed by atoms with Gasteiger partial charge in [-0.3, -0.25) is 4.79 Å². The third-order valence-electron chi connectivity index (χ3n) is 2.10. The fourth-order valence-corrected chi connectivity index (χ4v) is 1.41. The predicted molar refractivity (Wildman–Crippen MR) is 55.3 cm³/mol. The molecule has 0 radical (unpaired) electrons. The highest BCUT2D eigenvalue weighted by atomic mass is 19.4. The Bertz CT molecular complexity index is 544. The van der Waals surface area contributed by atoms with E-state index >= 15 is 0 Å². The van der Waals surface area contributed by atoms with Crippen LogP contribution in [-0.4, -0.2) is 12.1 Å². The highest BCUT2D eigenvalue weighted by Crippen LogP contribution is 2.27. The first-order valence-electron chi connectivity index (χ1n) is 4.90. The summed E-state index contributed by atoms with van der Waals surface area (Å²) in [7, 11) is 0. The molecule has 1 aromatic heterocycles. The van der Waals surface area contributed by atoms with Crippen molar-refractivity contribution in [3.63, 3.8) is 0 Å². The fourth-order valence-electron chi connectivity index (χ4n) is 1.41. The highest BCUT2D eigenvalue weighted by molar-refractivity contribution is 6.08. The Labute approximate surface area is 99.8 Å². The van der Waals surface area contributed by atoms with Gasteiger partial charge >= 0.3 is 6.36 Å². The standard InChI is InChI=1S/C12H7F3O3/c13-12(14,15)18-9-5-2-1-4-8(9)11(16)10-6-3-7-17-10/h1-7H. The topological polar surface area (TPSA) is 39.4 Å². The summed E-state index contributed by atoms with van der Waals surface area (Å²) in [4.78, 5) is 11.9. The summed E-state index contributed by atoms with van der Waals surface area (Å²) in [5.74, 6) is -1.26. The van der Waals surface area contributed by atoms with Crippen molar-refractivity contribution in [1.82, 2.24) is 0 Å². The van der Waals surface area contributed by atoms with Crippen molar-refractivity contribution in [2.75, 3.05) is 0 Å². The van der Waals surface area contributed by atoms with Gasteiger partial charge in [0.15, 0.2) is 5.76 Å². The molecule has 0 unspecified atom stereocenters. The van der Waals surface area contributed by atoms with Crippen molar-refractivity contribution in [3.8, 4) is 5.75 Å². The van der Waals surface area contributed by atoms with E-state index in [0.29, 0.717) is 0 Å². The molecule has 0 saturated heterocycles. The van der Waals surface area contributed by atoms with E-state index in [1.54, 1.807) is 0 Å². The molecule has 0 aliphatic carbocycles. The van der Waals surface area contributed by atoms with Crippen molar-refractivity contribution in [3.05, 3.63) is 54.0 Å². The maximum absolute atomic E-state index is 12.2. The van der Waals surface area contributed by atoms with Gasteiger partial charge in [-0.25, -0.2) is 0 Å². The molecular weight excluding hydrogens is 249 g/mol. The molecule has 2 aromatic rings. The zero-order chi connectivity index (χ0) is 13.2. The summed E-state index contributed by atoms with van der Waals surface area (Å²) in [5, 5.41) is 0. The number of furan rings is 1. The van der Waals surface area contributed by atoms with Crippen LogP contribution in [0.1, 0.15) is 16.1 Å². The zero-order valence-electron chi connectivity index (χ0n) is 8.90. The first kappa shape index (κ1) is 12.2. The number of rotatable bonds is 3. The molecule has 0 aliphatic heterocycles. The van der Waals surface area contributed by atoms with Gasteiger partial charge in [0.2, 0.25) is 5.78 Å². The van der Waals surface area contributed by atoms with Gasteiger partial charge in [-0.15, -0.1) is 13.2 Å². The number of halogens is 3. The van der Waals surface area contributed by atoms with E-state index < -0.39 is 17.9 Å². The van der Waals surface area contributed by atoms with Crippen LogP contribution in [0.15, 0.2) is 47.1 Å².